The maximum Gasteiger partial charge on any atom is 0.456 e. The molecule has 0 radical (unpaired) electrons. The number of nitrogens with zero attached hydrogens (tertiary/aromatic N) is 4. The van der Waals surface area contributed by atoms with E-state index in [9.17, 15) is 13.2 Å². The van der Waals surface area contributed by atoms with Crippen molar-refractivity contribution in [3.05, 3.63) is 43.0 Å². The van der Waals surface area contributed by atoms with Gasteiger partial charge >= 0.3 is 12.1 Å². The molecule has 0 unspecified atom stereocenters. The monoisotopic (exact) mass is 272 g/mol. The van der Waals surface area contributed by atoms with Crippen LogP contribution in [0, 0.1) is 0 Å². The van der Waals surface area contributed by atoms with Crippen LogP contribution in [0.4, 0.5) is 13.2 Å². The molecule has 0 aromatic carbocycles. The van der Waals surface area contributed by atoms with E-state index in [1.54, 1.807) is 35.5 Å². The number of aromatic nitrogens is 4. The van der Waals surface area contributed by atoms with Crippen molar-refractivity contribution >= 4 is 5.97 Å². The number of aliphatic carboxylic acids is 1. The lowest BCUT2D eigenvalue weighted by Gasteiger charge is -2.03. The molecular weight excluding hydrogens is 265 g/mol. The van der Waals surface area contributed by atoms with Crippen LogP contribution in [0.15, 0.2) is 43.0 Å². The zero-order valence-electron chi connectivity index (χ0n) is 9.28. The Morgan fingerprint density at radius 1 is 1.11 bits per heavy atom. The van der Waals surface area contributed by atoms with Crippen molar-refractivity contribution in [1.82, 2.24) is 15.1 Å². The quantitative estimate of drug-likeness (QED) is 0.650. The summed E-state index contributed by atoms with van der Waals surface area (Å²) in [5.41, 5.74) is 0. The maximum atomic E-state index is 10.5. The van der Waals surface area contributed by atoms with Crippen LogP contribution >= 0.6 is 0 Å². The van der Waals surface area contributed by atoms with Gasteiger partial charge in [0.25, 0.3) is 0 Å². The first-order valence-electron chi connectivity index (χ1n) is 4.80. The average molecular weight is 272 g/mol. The Morgan fingerprint density at radius 3 is 2.11 bits per heavy atom. The summed E-state index contributed by atoms with van der Waals surface area (Å²) in [6, 6.07) is 5.50. The molecule has 2 heterocycles. The van der Waals surface area contributed by atoms with Gasteiger partial charge < -0.3 is 9.90 Å². The van der Waals surface area contributed by atoms with E-state index in [1.165, 1.54) is 0 Å². The molecular formula is C10H7F3N4O2. The van der Waals surface area contributed by atoms with E-state index in [-0.39, 0.29) is 0 Å². The van der Waals surface area contributed by atoms with Gasteiger partial charge in [0.2, 0.25) is 0 Å². The second-order valence-corrected chi connectivity index (χ2v) is 2.98. The topological polar surface area (TPSA) is 82.7 Å². The first kappa shape index (κ1) is 14.5. The van der Waals surface area contributed by atoms with Crippen molar-refractivity contribution in [2.45, 2.75) is 6.18 Å². The van der Waals surface area contributed by atoms with Crippen LogP contribution < -0.4 is 9.79 Å². The number of carbonyl (C=O) groups excluding carboxylic acids is 1. The molecule has 0 N–H and O–H groups in total. The summed E-state index contributed by atoms with van der Waals surface area (Å²) in [5.74, 6) is -2.43. The van der Waals surface area contributed by atoms with Gasteiger partial charge in [-0.2, -0.15) is 13.2 Å². The number of halogens is 3. The highest BCUT2D eigenvalue weighted by Gasteiger charge is 2.28. The third-order valence-electron chi connectivity index (χ3n) is 1.60. The number of carboxylic acids is 1. The predicted octanol–water partition coefficient (Wildman–Crippen LogP) is -0.553. The summed E-state index contributed by atoms with van der Waals surface area (Å²) in [5, 5.41) is 12.8. The van der Waals surface area contributed by atoms with Gasteiger partial charge in [-0.1, -0.05) is 9.97 Å². The lowest BCUT2D eigenvalue weighted by molar-refractivity contribution is -0.667. The van der Waals surface area contributed by atoms with Crippen molar-refractivity contribution in [3.63, 3.8) is 0 Å². The summed E-state index contributed by atoms with van der Waals surface area (Å²) in [6.07, 6.45) is 1.67. The largest absolute Gasteiger partial charge is 0.542 e. The van der Waals surface area contributed by atoms with Crippen molar-refractivity contribution in [2.24, 2.45) is 0 Å². The van der Waals surface area contributed by atoms with E-state index in [1.807, 2.05) is 12.1 Å². The maximum absolute atomic E-state index is 10.5. The fourth-order valence-electron chi connectivity index (χ4n) is 0.858. The van der Waals surface area contributed by atoms with Gasteiger partial charge in [0, 0.05) is 6.07 Å². The lowest BCUT2D eigenvalue weighted by Crippen LogP contribution is -2.37. The van der Waals surface area contributed by atoms with Gasteiger partial charge in [0.05, 0.1) is 12.4 Å². The SMILES string of the molecule is O=C([O-])C(F)(F)F.c1cnc(-[n+]2ccccn2)nc1. The van der Waals surface area contributed by atoms with Crippen LogP contribution in [0.2, 0.25) is 0 Å². The molecule has 2 aromatic heterocycles. The van der Waals surface area contributed by atoms with Gasteiger partial charge in [-0.25, -0.2) is 0 Å². The van der Waals surface area contributed by atoms with Crippen molar-refractivity contribution in [3.8, 4) is 5.95 Å². The van der Waals surface area contributed by atoms with Crippen molar-refractivity contribution in [1.29, 1.82) is 0 Å². The Bertz CT molecular complexity index is 482. The normalized spacial score (nSPS) is 10.3. The standard InChI is InChI=1S/C8H7N4.C2HF3O2/c1-2-7-12(11-6-1)8-9-4-3-5-10-8;3-2(4,5)1(6)7/h1-7H;(H,6,7)/q+1;/p-1. The highest BCUT2D eigenvalue weighted by Crippen LogP contribution is 2.11. The molecule has 0 aliphatic carbocycles. The van der Waals surface area contributed by atoms with Crippen LogP contribution in [0.3, 0.4) is 0 Å². The lowest BCUT2D eigenvalue weighted by atomic mass is 10.6. The fourth-order valence-corrected chi connectivity index (χ4v) is 0.858. The van der Waals surface area contributed by atoms with Crippen molar-refractivity contribution in [2.75, 3.05) is 0 Å². The molecule has 0 saturated carbocycles. The van der Waals surface area contributed by atoms with E-state index >= 15 is 0 Å². The molecule has 0 amide bonds. The van der Waals surface area contributed by atoms with Crippen LogP contribution in [0.1, 0.15) is 0 Å². The molecule has 9 heteroatoms. The Kier molecular flexibility index (Phi) is 4.86. The molecule has 0 aliphatic rings. The first-order valence-corrected chi connectivity index (χ1v) is 4.80. The van der Waals surface area contributed by atoms with Crippen LogP contribution in [0.5, 0.6) is 0 Å². The highest BCUT2D eigenvalue weighted by atomic mass is 19.4. The molecule has 2 rings (SSSR count). The fraction of sp³-hybridized carbons (Fsp3) is 0.100. The average Bonchev–Trinajstić information content (AvgIpc) is 2.40. The Morgan fingerprint density at radius 2 is 1.68 bits per heavy atom. The highest BCUT2D eigenvalue weighted by molar-refractivity contribution is 5.70. The zero-order chi connectivity index (χ0) is 14.3. The minimum atomic E-state index is -5.19. The molecule has 2 aromatic rings. The Labute approximate surface area is 105 Å². The van der Waals surface area contributed by atoms with Gasteiger partial charge in [0.1, 0.15) is 18.4 Å². The molecule has 0 saturated heterocycles. The summed E-state index contributed by atoms with van der Waals surface area (Å²) in [4.78, 5) is 16.9. The minimum Gasteiger partial charge on any atom is -0.542 e. The number of carboxylic acid groups (broad SMARTS) is 1. The molecule has 0 bridgehead atoms. The van der Waals surface area contributed by atoms with Gasteiger partial charge in [0.15, 0.2) is 0 Å². The first-order chi connectivity index (χ1) is 8.91. The Hall–Kier alpha value is -2.58. The van der Waals surface area contributed by atoms with Crippen molar-refractivity contribution < 1.29 is 27.8 Å². The van der Waals surface area contributed by atoms with E-state index < -0.39 is 12.1 Å². The molecule has 100 valence electrons. The molecule has 0 fully saturated rings. The van der Waals surface area contributed by atoms with Gasteiger partial charge in [-0.3, -0.25) is 0 Å². The molecule has 0 spiro atoms. The number of rotatable bonds is 1. The smallest absolute Gasteiger partial charge is 0.456 e. The number of alkyl halides is 3. The summed E-state index contributed by atoms with van der Waals surface area (Å²) >= 11 is 0. The molecule has 6 nitrogen and oxygen atoms in total. The van der Waals surface area contributed by atoms with Crippen LogP contribution in [-0.2, 0) is 4.79 Å². The van der Waals surface area contributed by atoms with E-state index in [0.29, 0.717) is 5.95 Å². The van der Waals surface area contributed by atoms with Crippen LogP contribution in [-0.4, -0.2) is 27.2 Å². The number of carbonyl (C=O) groups is 1. The summed E-state index contributed by atoms with van der Waals surface area (Å²) < 4.78 is 33.2. The van der Waals surface area contributed by atoms with Gasteiger partial charge in [-0.15, -0.1) is 9.78 Å². The molecule has 19 heavy (non-hydrogen) atoms. The second kappa shape index (κ2) is 6.38. The molecule has 0 aliphatic heterocycles. The zero-order valence-corrected chi connectivity index (χ0v) is 9.28. The van der Waals surface area contributed by atoms with E-state index in [0.717, 1.165) is 0 Å². The predicted molar refractivity (Wildman–Crippen MR) is 52.4 cm³/mol. The minimum absolute atomic E-state index is 0.582. The third kappa shape index (κ3) is 5.06. The van der Waals surface area contributed by atoms with E-state index in [2.05, 4.69) is 15.1 Å². The molecule has 0 atom stereocenters. The number of hydrogen-bond donors (Lipinski definition) is 0. The summed E-state index contributed by atoms with van der Waals surface area (Å²) in [6.45, 7) is 0. The van der Waals surface area contributed by atoms with Crippen LogP contribution in [0.25, 0.3) is 5.95 Å². The number of hydrogen-bond acceptors (Lipinski definition) is 5. The third-order valence-corrected chi connectivity index (χ3v) is 1.60. The van der Waals surface area contributed by atoms with E-state index in [4.69, 9.17) is 9.90 Å². The summed E-state index contributed by atoms with van der Waals surface area (Å²) in [7, 11) is 0. The second-order valence-electron chi connectivity index (χ2n) is 2.98. The van der Waals surface area contributed by atoms with Gasteiger partial charge in [-0.05, 0) is 12.1 Å². The Balaban J connectivity index is 0.000000224.